The van der Waals surface area contributed by atoms with Crippen LogP contribution in [0.3, 0.4) is 0 Å². The van der Waals surface area contributed by atoms with Crippen LogP contribution >= 0.6 is 11.8 Å². The van der Waals surface area contributed by atoms with Crippen LogP contribution in [0.25, 0.3) is 0 Å². The smallest absolute Gasteiger partial charge is 0.00448 e. The fraction of sp³-hybridized carbons (Fsp3) is 0.727. The fourth-order valence-electron chi connectivity index (χ4n) is 4.19. The van der Waals surface area contributed by atoms with E-state index in [-0.39, 0.29) is 0 Å². The second kappa shape index (κ2) is 7.83. The van der Waals surface area contributed by atoms with Gasteiger partial charge in [0.25, 0.3) is 0 Å². The first-order valence-electron chi connectivity index (χ1n) is 9.86. The van der Waals surface area contributed by atoms with E-state index in [9.17, 15) is 0 Å². The lowest BCUT2D eigenvalue weighted by atomic mass is 9.82. The summed E-state index contributed by atoms with van der Waals surface area (Å²) in [6.45, 7) is 7.04. The molecule has 0 radical (unpaired) electrons. The van der Waals surface area contributed by atoms with Crippen molar-refractivity contribution in [2.45, 2.75) is 77.7 Å². The topological polar surface area (TPSA) is 26.0 Å². The number of aryl methyl sites for hydroxylation is 1. The second-order valence-corrected chi connectivity index (χ2v) is 10.4. The molecule has 3 atom stereocenters. The van der Waals surface area contributed by atoms with E-state index < -0.39 is 0 Å². The Balaban J connectivity index is 1.51. The van der Waals surface area contributed by atoms with Crippen LogP contribution in [0.15, 0.2) is 18.2 Å². The third kappa shape index (κ3) is 5.02. The molecule has 0 heterocycles. The third-order valence-electron chi connectivity index (χ3n) is 5.86. The molecule has 2 aliphatic rings. The van der Waals surface area contributed by atoms with E-state index in [1.165, 1.54) is 56.5 Å². The summed E-state index contributed by atoms with van der Waals surface area (Å²) >= 11 is 2.17. The second-order valence-electron chi connectivity index (χ2n) is 9.29. The van der Waals surface area contributed by atoms with Crippen molar-refractivity contribution in [3.05, 3.63) is 34.9 Å². The molecule has 24 heavy (non-hydrogen) atoms. The number of nitrogens with two attached hydrogens (primary N) is 1. The molecule has 1 aromatic rings. The zero-order chi connectivity index (χ0) is 17.2. The largest absolute Gasteiger partial charge is 0.328 e. The fourth-order valence-corrected chi connectivity index (χ4v) is 5.74. The number of fused-ring (bicyclic) bond motifs is 1. The molecule has 1 fully saturated rings. The summed E-state index contributed by atoms with van der Waals surface area (Å²) in [5.41, 5.74) is 11.4. The maximum Gasteiger partial charge on any atom is 0.00448 e. The van der Waals surface area contributed by atoms with Gasteiger partial charge in [-0.05, 0) is 90.4 Å². The minimum Gasteiger partial charge on any atom is -0.328 e. The van der Waals surface area contributed by atoms with E-state index in [4.69, 9.17) is 5.73 Å². The van der Waals surface area contributed by atoms with Crippen molar-refractivity contribution >= 4 is 11.8 Å². The molecule has 3 rings (SSSR count). The highest BCUT2D eigenvalue weighted by Gasteiger charge is 2.25. The molecule has 2 heteroatoms. The molecule has 0 aliphatic heterocycles. The van der Waals surface area contributed by atoms with Gasteiger partial charge in [0, 0.05) is 6.04 Å². The summed E-state index contributed by atoms with van der Waals surface area (Å²) in [6, 6.07) is 7.78. The maximum absolute atomic E-state index is 6.10. The van der Waals surface area contributed by atoms with Gasteiger partial charge in [-0.1, -0.05) is 39.0 Å². The Kier molecular flexibility index (Phi) is 5.98. The molecule has 2 aliphatic carbocycles. The van der Waals surface area contributed by atoms with Gasteiger partial charge in [0.2, 0.25) is 0 Å². The zero-order valence-electron chi connectivity index (χ0n) is 15.8. The third-order valence-corrected chi connectivity index (χ3v) is 7.06. The summed E-state index contributed by atoms with van der Waals surface area (Å²) in [5.74, 6) is 4.26. The van der Waals surface area contributed by atoms with Gasteiger partial charge in [0.15, 0.2) is 0 Å². The normalized spacial score (nSPS) is 27.2. The van der Waals surface area contributed by atoms with E-state index in [1.54, 1.807) is 16.7 Å². The van der Waals surface area contributed by atoms with Crippen LogP contribution in [0.1, 0.15) is 75.5 Å². The quantitative estimate of drug-likeness (QED) is 0.707. The van der Waals surface area contributed by atoms with Gasteiger partial charge < -0.3 is 5.73 Å². The van der Waals surface area contributed by atoms with Gasteiger partial charge in [0.1, 0.15) is 0 Å². The molecule has 134 valence electrons. The molecular weight excluding hydrogens is 310 g/mol. The van der Waals surface area contributed by atoms with Gasteiger partial charge >= 0.3 is 0 Å². The Hall–Kier alpha value is -0.470. The summed E-state index contributed by atoms with van der Waals surface area (Å²) in [7, 11) is 0. The molecule has 0 amide bonds. The van der Waals surface area contributed by atoms with Crippen LogP contribution < -0.4 is 5.73 Å². The number of thioether (sulfide) groups is 1. The number of hydrogen-bond acceptors (Lipinski definition) is 2. The van der Waals surface area contributed by atoms with Crippen LogP contribution in [0.2, 0.25) is 0 Å². The van der Waals surface area contributed by atoms with Gasteiger partial charge in [-0.3, -0.25) is 0 Å². The zero-order valence-corrected chi connectivity index (χ0v) is 16.6. The highest BCUT2D eigenvalue weighted by Crippen LogP contribution is 2.36. The lowest BCUT2D eigenvalue weighted by Crippen LogP contribution is -2.17. The van der Waals surface area contributed by atoms with Crippen molar-refractivity contribution in [2.24, 2.45) is 17.1 Å². The van der Waals surface area contributed by atoms with Gasteiger partial charge in [-0.2, -0.15) is 11.8 Å². The van der Waals surface area contributed by atoms with Crippen molar-refractivity contribution in [3.63, 3.8) is 0 Å². The van der Waals surface area contributed by atoms with E-state index in [1.807, 2.05) is 0 Å². The van der Waals surface area contributed by atoms with Gasteiger partial charge in [-0.15, -0.1) is 0 Å². The Morgan fingerprint density at radius 1 is 1.12 bits per heavy atom. The molecule has 0 bridgehead atoms. The highest BCUT2D eigenvalue weighted by atomic mass is 32.2. The average Bonchev–Trinajstić information content (AvgIpc) is 2.96. The SMILES string of the molecule is CC(C)(C)CCSCC1CCc2cc(C3CCC(N)C3)ccc2C1. The van der Waals surface area contributed by atoms with Crippen molar-refractivity contribution in [1.82, 2.24) is 0 Å². The minimum atomic E-state index is 0.431. The van der Waals surface area contributed by atoms with Crippen LogP contribution in [-0.2, 0) is 12.8 Å². The predicted octanol–water partition coefficient (Wildman–Crippen LogP) is 5.56. The summed E-state index contributed by atoms with van der Waals surface area (Å²) in [4.78, 5) is 0. The lowest BCUT2D eigenvalue weighted by molar-refractivity contribution is 0.401. The first-order chi connectivity index (χ1) is 11.4. The molecule has 1 nitrogen and oxygen atoms in total. The summed E-state index contributed by atoms with van der Waals surface area (Å²) < 4.78 is 0. The summed E-state index contributed by atoms with van der Waals surface area (Å²) in [6.07, 6.45) is 8.96. The number of benzene rings is 1. The first kappa shape index (κ1) is 18.3. The van der Waals surface area contributed by atoms with Crippen LogP contribution in [0.5, 0.6) is 0 Å². The van der Waals surface area contributed by atoms with E-state index in [0.717, 1.165) is 11.8 Å². The Labute approximate surface area is 153 Å². The first-order valence-corrected chi connectivity index (χ1v) is 11.0. The highest BCUT2D eigenvalue weighted by molar-refractivity contribution is 7.99. The van der Waals surface area contributed by atoms with Crippen LogP contribution in [0, 0.1) is 11.3 Å². The Morgan fingerprint density at radius 2 is 1.96 bits per heavy atom. The number of rotatable bonds is 5. The molecule has 0 aromatic heterocycles. The van der Waals surface area contributed by atoms with E-state index >= 15 is 0 Å². The number of hydrogen-bond donors (Lipinski definition) is 1. The standard InChI is InChI=1S/C22H35NS/c1-22(2,3)10-11-24-15-16-4-5-18-13-19(7-6-17(18)12-16)20-8-9-21(23)14-20/h6-7,13,16,20-21H,4-5,8-12,14-15,23H2,1-3H3. The van der Waals surface area contributed by atoms with Gasteiger partial charge in [0.05, 0.1) is 0 Å². The van der Waals surface area contributed by atoms with Crippen molar-refractivity contribution in [2.75, 3.05) is 11.5 Å². The molecule has 3 unspecified atom stereocenters. The molecule has 0 saturated heterocycles. The predicted molar refractivity (Wildman–Crippen MR) is 108 cm³/mol. The average molecular weight is 346 g/mol. The van der Waals surface area contributed by atoms with E-state index in [0.29, 0.717) is 11.5 Å². The molecule has 0 spiro atoms. The molecule has 2 N–H and O–H groups in total. The van der Waals surface area contributed by atoms with Crippen molar-refractivity contribution in [1.29, 1.82) is 0 Å². The molecule has 1 aromatic carbocycles. The van der Waals surface area contributed by atoms with Crippen LogP contribution in [-0.4, -0.2) is 17.5 Å². The monoisotopic (exact) mass is 345 g/mol. The molecular formula is C22H35NS. The van der Waals surface area contributed by atoms with Gasteiger partial charge in [-0.25, -0.2) is 0 Å². The minimum absolute atomic E-state index is 0.431. The van der Waals surface area contributed by atoms with E-state index in [2.05, 4.69) is 50.7 Å². The summed E-state index contributed by atoms with van der Waals surface area (Å²) in [5, 5.41) is 0. The lowest BCUT2D eigenvalue weighted by Gasteiger charge is -2.26. The van der Waals surface area contributed by atoms with Crippen LogP contribution in [0.4, 0.5) is 0 Å². The Morgan fingerprint density at radius 3 is 2.67 bits per heavy atom. The Bertz CT molecular complexity index is 545. The van der Waals surface area contributed by atoms with Crippen molar-refractivity contribution < 1.29 is 0 Å². The molecule has 1 saturated carbocycles. The van der Waals surface area contributed by atoms with Crippen molar-refractivity contribution in [3.8, 4) is 0 Å². The maximum atomic E-state index is 6.10.